The van der Waals surface area contributed by atoms with E-state index in [1.54, 1.807) is 0 Å². The third-order valence-electron chi connectivity index (χ3n) is 6.90. The molecular weight excluding hydrogens is 468 g/mol. The van der Waals surface area contributed by atoms with Crippen LogP contribution in [0, 0.1) is 0 Å². The molecule has 0 N–H and O–H groups in total. The summed E-state index contributed by atoms with van der Waals surface area (Å²) in [5.41, 5.74) is 5.59. The molecule has 0 aliphatic rings. The fourth-order valence-electron chi connectivity index (χ4n) is 4.80. The van der Waals surface area contributed by atoms with Gasteiger partial charge in [0, 0.05) is 50.3 Å². The molecule has 0 heterocycles. The lowest BCUT2D eigenvalue weighted by atomic mass is 9.93. The summed E-state index contributed by atoms with van der Waals surface area (Å²) < 4.78 is 0. The number of azo groups is 2. The highest BCUT2D eigenvalue weighted by Crippen LogP contribution is 2.42. The number of rotatable bonds is 6. The summed E-state index contributed by atoms with van der Waals surface area (Å²) in [5, 5.41) is 25.2. The highest BCUT2D eigenvalue weighted by Gasteiger charge is 2.13. The van der Waals surface area contributed by atoms with Gasteiger partial charge in [0.2, 0.25) is 0 Å². The maximum atomic E-state index is 4.64. The largest absolute Gasteiger partial charge is 0.378 e. The molecule has 38 heavy (non-hydrogen) atoms. The van der Waals surface area contributed by atoms with Crippen molar-refractivity contribution in [3.8, 4) is 0 Å². The molecule has 0 fully saturated rings. The van der Waals surface area contributed by atoms with Gasteiger partial charge in [0.15, 0.2) is 0 Å². The quantitative estimate of drug-likeness (QED) is 0.170. The first-order chi connectivity index (χ1) is 18.5. The molecule has 0 aliphatic heterocycles. The Morgan fingerprint density at radius 1 is 0.395 bits per heavy atom. The van der Waals surface area contributed by atoms with E-state index in [2.05, 4.69) is 66.7 Å². The van der Waals surface area contributed by atoms with Crippen LogP contribution in [0.2, 0.25) is 0 Å². The molecule has 0 aliphatic carbocycles. The van der Waals surface area contributed by atoms with E-state index in [1.807, 2.05) is 88.9 Å². The average Bonchev–Trinajstić information content (AvgIpc) is 2.94. The third kappa shape index (κ3) is 4.30. The summed E-state index contributed by atoms with van der Waals surface area (Å²) >= 11 is 0. The Morgan fingerprint density at radius 3 is 1.13 bits per heavy atom. The van der Waals surface area contributed by atoms with Crippen molar-refractivity contribution in [2.24, 2.45) is 20.5 Å². The second-order valence-corrected chi connectivity index (χ2v) is 9.81. The molecule has 0 amide bonds. The third-order valence-corrected chi connectivity index (χ3v) is 6.90. The number of anilines is 2. The van der Waals surface area contributed by atoms with Gasteiger partial charge in [-0.05, 0) is 82.2 Å². The molecule has 0 radical (unpaired) electrons. The second-order valence-electron chi connectivity index (χ2n) is 9.81. The second kappa shape index (κ2) is 9.56. The highest BCUT2D eigenvalue weighted by molar-refractivity contribution is 6.26. The van der Waals surface area contributed by atoms with Crippen LogP contribution in [0.15, 0.2) is 118 Å². The average molecular weight is 497 g/mol. The standard InChI is InChI=1S/C32H28N6/c1-37(2)25-13-9-23(10-14-25)33-35-29-19-7-21-6-18-28-30(20-8-22-5-17-27(29)31(21)32(22)28)36-34-24-11-15-26(16-12-24)38(3)4/h5-20H,1-4H3. The van der Waals surface area contributed by atoms with Crippen LogP contribution in [0.3, 0.4) is 0 Å². The van der Waals surface area contributed by atoms with Gasteiger partial charge in [0.1, 0.15) is 0 Å². The van der Waals surface area contributed by atoms with Crippen molar-refractivity contribution in [2.45, 2.75) is 0 Å². The van der Waals surface area contributed by atoms with E-state index in [0.29, 0.717) is 0 Å². The van der Waals surface area contributed by atoms with Crippen molar-refractivity contribution < 1.29 is 0 Å². The van der Waals surface area contributed by atoms with E-state index in [-0.39, 0.29) is 0 Å². The molecule has 6 nitrogen and oxygen atoms in total. The first-order valence-electron chi connectivity index (χ1n) is 12.6. The molecule has 6 rings (SSSR count). The summed E-state index contributed by atoms with van der Waals surface area (Å²) in [7, 11) is 8.10. The van der Waals surface area contributed by atoms with Gasteiger partial charge in [-0.1, -0.05) is 36.4 Å². The van der Waals surface area contributed by atoms with Crippen LogP contribution in [0.25, 0.3) is 32.3 Å². The lowest BCUT2D eigenvalue weighted by Crippen LogP contribution is -2.07. The Hall–Kier alpha value is -4.84. The zero-order chi connectivity index (χ0) is 26.2. The van der Waals surface area contributed by atoms with E-state index >= 15 is 0 Å². The van der Waals surface area contributed by atoms with E-state index in [9.17, 15) is 0 Å². The van der Waals surface area contributed by atoms with Crippen LogP contribution >= 0.6 is 0 Å². The molecule has 0 saturated carbocycles. The van der Waals surface area contributed by atoms with Gasteiger partial charge >= 0.3 is 0 Å². The Labute approximate surface area is 221 Å². The molecule has 0 aromatic heterocycles. The number of hydrogen-bond donors (Lipinski definition) is 0. The molecule has 0 bridgehead atoms. The van der Waals surface area contributed by atoms with Crippen molar-refractivity contribution in [2.75, 3.05) is 38.0 Å². The summed E-state index contributed by atoms with van der Waals surface area (Å²) in [5.74, 6) is 0. The van der Waals surface area contributed by atoms with Crippen molar-refractivity contribution >= 4 is 66.4 Å². The van der Waals surface area contributed by atoms with Gasteiger partial charge in [-0.2, -0.15) is 10.2 Å². The zero-order valence-electron chi connectivity index (χ0n) is 21.9. The Bertz CT molecular complexity index is 1660. The Balaban J connectivity index is 1.41. The van der Waals surface area contributed by atoms with Crippen LogP contribution in [0.5, 0.6) is 0 Å². The monoisotopic (exact) mass is 496 g/mol. The predicted octanol–water partition coefficient (Wildman–Crippen LogP) is 9.55. The fourth-order valence-corrected chi connectivity index (χ4v) is 4.80. The number of nitrogens with zero attached hydrogens (tertiary/aromatic N) is 6. The maximum absolute atomic E-state index is 4.64. The van der Waals surface area contributed by atoms with Gasteiger partial charge in [-0.25, -0.2) is 0 Å². The van der Waals surface area contributed by atoms with Gasteiger partial charge in [-0.3, -0.25) is 0 Å². The molecule has 0 spiro atoms. The molecule has 6 aromatic carbocycles. The van der Waals surface area contributed by atoms with E-state index < -0.39 is 0 Å². The summed E-state index contributed by atoms with van der Waals surface area (Å²) in [6.07, 6.45) is 0. The van der Waals surface area contributed by atoms with Crippen LogP contribution in [-0.2, 0) is 0 Å². The summed E-state index contributed by atoms with van der Waals surface area (Å²) in [6, 6.07) is 33.0. The Kier molecular flexibility index (Phi) is 5.92. The predicted molar refractivity (Wildman–Crippen MR) is 160 cm³/mol. The lowest BCUT2D eigenvalue weighted by molar-refractivity contribution is 1.13. The minimum absolute atomic E-state index is 0.822. The summed E-state index contributed by atoms with van der Waals surface area (Å²) in [6.45, 7) is 0. The van der Waals surface area contributed by atoms with Crippen molar-refractivity contribution in [3.05, 3.63) is 97.1 Å². The molecule has 6 heteroatoms. The van der Waals surface area contributed by atoms with Crippen LogP contribution in [0.4, 0.5) is 34.1 Å². The van der Waals surface area contributed by atoms with Crippen LogP contribution < -0.4 is 9.80 Å². The van der Waals surface area contributed by atoms with E-state index in [0.717, 1.165) is 44.9 Å². The normalized spacial score (nSPS) is 12.0. The van der Waals surface area contributed by atoms with Crippen LogP contribution in [-0.4, -0.2) is 28.2 Å². The van der Waals surface area contributed by atoms with Crippen molar-refractivity contribution in [3.63, 3.8) is 0 Å². The van der Waals surface area contributed by atoms with Crippen molar-refractivity contribution in [1.82, 2.24) is 0 Å². The van der Waals surface area contributed by atoms with E-state index in [1.165, 1.54) is 21.5 Å². The minimum Gasteiger partial charge on any atom is -0.378 e. The first kappa shape index (κ1) is 23.6. The molecular formula is C32H28N6. The number of hydrogen-bond acceptors (Lipinski definition) is 6. The van der Waals surface area contributed by atoms with Gasteiger partial charge in [0.05, 0.1) is 22.7 Å². The fraction of sp³-hybridized carbons (Fsp3) is 0.125. The molecule has 186 valence electrons. The van der Waals surface area contributed by atoms with E-state index in [4.69, 9.17) is 0 Å². The molecule has 0 saturated heterocycles. The van der Waals surface area contributed by atoms with Gasteiger partial charge in [0.25, 0.3) is 0 Å². The van der Waals surface area contributed by atoms with Crippen LogP contribution in [0.1, 0.15) is 0 Å². The zero-order valence-corrected chi connectivity index (χ0v) is 21.9. The topological polar surface area (TPSA) is 55.9 Å². The SMILES string of the molecule is CN(C)c1ccc(N=Nc2ccc3ccc4c(N=Nc5ccc(N(C)C)cc5)ccc5ccc2c3c54)cc1. The highest BCUT2D eigenvalue weighted by atomic mass is 15.1. The smallest absolute Gasteiger partial charge is 0.0936 e. The summed E-state index contributed by atoms with van der Waals surface area (Å²) in [4.78, 5) is 4.13. The number of benzene rings is 6. The molecule has 0 atom stereocenters. The molecule has 6 aromatic rings. The maximum Gasteiger partial charge on any atom is 0.0936 e. The van der Waals surface area contributed by atoms with Crippen molar-refractivity contribution in [1.29, 1.82) is 0 Å². The lowest BCUT2D eigenvalue weighted by Gasteiger charge is -2.13. The minimum atomic E-state index is 0.822. The Morgan fingerprint density at radius 2 is 0.763 bits per heavy atom. The van der Waals surface area contributed by atoms with Gasteiger partial charge < -0.3 is 9.80 Å². The van der Waals surface area contributed by atoms with Gasteiger partial charge in [-0.15, -0.1) is 10.2 Å². The molecule has 0 unspecified atom stereocenters. The first-order valence-corrected chi connectivity index (χ1v) is 12.6.